The molecule has 0 fully saturated rings. The zero-order chi connectivity index (χ0) is 18.9. The van der Waals surface area contributed by atoms with Gasteiger partial charge in [-0.05, 0) is 42.7 Å². The van der Waals surface area contributed by atoms with Crippen molar-refractivity contribution < 1.29 is 9.47 Å². The number of fused-ring (bicyclic) bond motifs is 4. The molecule has 142 valence electrons. The molecule has 0 spiro atoms. The number of hydrogen-bond acceptors (Lipinski definition) is 4. The highest BCUT2D eigenvalue weighted by molar-refractivity contribution is 5.85. The minimum Gasteiger partial charge on any atom is -0.486 e. The van der Waals surface area contributed by atoms with Crippen molar-refractivity contribution in [3.05, 3.63) is 64.6 Å². The average molecular weight is 373 g/mol. The van der Waals surface area contributed by atoms with E-state index in [1.807, 2.05) is 12.1 Å². The molecule has 0 radical (unpaired) electrons. The maximum absolute atomic E-state index is 5.83. The van der Waals surface area contributed by atoms with Crippen molar-refractivity contribution in [1.82, 2.24) is 9.55 Å². The van der Waals surface area contributed by atoms with Gasteiger partial charge >= 0.3 is 0 Å². The molecule has 2 aromatic carbocycles. The number of rotatable bonds is 3. The number of benzene rings is 2. The number of ether oxygens (including phenoxy) is 2. The van der Waals surface area contributed by atoms with Gasteiger partial charge in [-0.15, -0.1) is 0 Å². The summed E-state index contributed by atoms with van der Waals surface area (Å²) in [6.45, 7) is 1.16. The Morgan fingerprint density at radius 1 is 0.964 bits per heavy atom. The van der Waals surface area contributed by atoms with Crippen molar-refractivity contribution in [3.8, 4) is 11.5 Å². The van der Waals surface area contributed by atoms with Gasteiger partial charge in [0.2, 0.25) is 0 Å². The Kier molecular flexibility index (Phi) is 4.35. The summed E-state index contributed by atoms with van der Waals surface area (Å²) in [4.78, 5) is 9.80. The van der Waals surface area contributed by atoms with Crippen molar-refractivity contribution in [2.75, 3.05) is 13.2 Å². The van der Waals surface area contributed by atoms with Crippen LogP contribution in [0.4, 0.5) is 0 Å². The number of hydrogen-bond donors (Lipinski definition) is 0. The van der Waals surface area contributed by atoms with Crippen LogP contribution in [0.25, 0.3) is 17.1 Å². The Balaban J connectivity index is 1.45. The van der Waals surface area contributed by atoms with Gasteiger partial charge in [-0.1, -0.05) is 30.4 Å². The molecule has 0 saturated carbocycles. The maximum Gasteiger partial charge on any atom is 0.189 e. The fraction of sp³-hybridized carbons (Fsp3) is 0.304. The van der Waals surface area contributed by atoms with Gasteiger partial charge in [0.05, 0.1) is 10.9 Å². The van der Waals surface area contributed by atoms with Crippen LogP contribution in [-0.2, 0) is 13.5 Å². The lowest BCUT2D eigenvalue weighted by atomic mass is 10.1. The number of aryl methyl sites for hydroxylation is 2. The number of aromatic nitrogens is 2. The second kappa shape index (κ2) is 7.15. The molecule has 28 heavy (non-hydrogen) atoms. The molecule has 0 N–H and O–H groups in total. The van der Waals surface area contributed by atoms with Gasteiger partial charge in [-0.2, -0.15) is 0 Å². The van der Waals surface area contributed by atoms with Crippen LogP contribution in [0.5, 0.6) is 11.5 Å². The molecule has 0 aliphatic carbocycles. The Morgan fingerprint density at radius 3 is 2.79 bits per heavy atom. The normalized spacial score (nSPS) is 20.0. The van der Waals surface area contributed by atoms with Gasteiger partial charge in [0.25, 0.3) is 0 Å². The molecule has 2 aliphatic heterocycles. The van der Waals surface area contributed by atoms with Crippen LogP contribution < -0.4 is 20.0 Å². The van der Waals surface area contributed by atoms with E-state index in [1.165, 1.54) is 5.22 Å². The van der Waals surface area contributed by atoms with Crippen LogP contribution in [0.2, 0.25) is 0 Å². The standard InChI is InChI=1S/C23H23N3O2/c1-26-19-11-12-20-23(28-15-14-27-20)22(19)25-21(26)13-10-17-8-4-2-6-16-7-3-5-9-18(16)24-17/h3,5-9,11-12H,2,4,10,13-15H2,1H3/b16-6-,17-8-,24-18-. The maximum atomic E-state index is 5.83. The van der Waals surface area contributed by atoms with Crippen LogP contribution >= 0.6 is 0 Å². The SMILES string of the molecule is Cn1c(CCC2=C\CC/C=c3/cccc/c3=N/2)nc2c3c(ccc21)OCCO3. The Hall–Kier alpha value is -3.08. The molecule has 5 nitrogen and oxygen atoms in total. The fourth-order valence-electron chi connectivity index (χ4n) is 3.89. The van der Waals surface area contributed by atoms with Crippen LogP contribution in [0.15, 0.2) is 53.2 Å². The molecule has 2 aliphatic rings. The smallest absolute Gasteiger partial charge is 0.189 e. The summed E-state index contributed by atoms with van der Waals surface area (Å²) in [5, 5.41) is 2.28. The average Bonchev–Trinajstić information content (AvgIpc) is 3.04. The van der Waals surface area contributed by atoms with Crippen LogP contribution in [0, 0.1) is 0 Å². The lowest BCUT2D eigenvalue weighted by Gasteiger charge is -2.18. The first kappa shape index (κ1) is 17.0. The minimum absolute atomic E-state index is 0.570. The summed E-state index contributed by atoms with van der Waals surface area (Å²) >= 11 is 0. The van der Waals surface area contributed by atoms with Crippen LogP contribution in [-0.4, -0.2) is 22.8 Å². The third kappa shape index (κ3) is 3.07. The zero-order valence-electron chi connectivity index (χ0n) is 16.0. The molecule has 3 heterocycles. The summed E-state index contributed by atoms with van der Waals surface area (Å²) in [6, 6.07) is 12.4. The predicted molar refractivity (Wildman–Crippen MR) is 109 cm³/mol. The number of allylic oxidation sites excluding steroid dienone is 2. The first-order chi connectivity index (χ1) is 13.8. The fourth-order valence-corrected chi connectivity index (χ4v) is 3.89. The van der Waals surface area contributed by atoms with Crippen molar-refractivity contribution in [2.45, 2.75) is 25.7 Å². The highest BCUT2D eigenvalue weighted by Crippen LogP contribution is 2.37. The van der Waals surface area contributed by atoms with E-state index in [9.17, 15) is 0 Å². The zero-order valence-corrected chi connectivity index (χ0v) is 16.0. The molecular formula is C23H23N3O2. The van der Waals surface area contributed by atoms with E-state index in [-0.39, 0.29) is 0 Å². The first-order valence-electron chi connectivity index (χ1n) is 9.86. The van der Waals surface area contributed by atoms with Gasteiger partial charge < -0.3 is 14.0 Å². The van der Waals surface area contributed by atoms with E-state index in [1.54, 1.807) is 0 Å². The molecule has 0 saturated heterocycles. The molecule has 0 unspecified atom stereocenters. The monoisotopic (exact) mass is 373 g/mol. The van der Waals surface area contributed by atoms with Crippen molar-refractivity contribution in [1.29, 1.82) is 0 Å². The third-order valence-corrected chi connectivity index (χ3v) is 5.37. The summed E-state index contributed by atoms with van der Waals surface area (Å²) in [5.41, 5.74) is 3.09. The van der Waals surface area contributed by atoms with E-state index >= 15 is 0 Å². The summed E-state index contributed by atoms with van der Waals surface area (Å²) in [7, 11) is 2.06. The Labute approximate surface area is 163 Å². The Morgan fingerprint density at radius 2 is 1.82 bits per heavy atom. The van der Waals surface area contributed by atoms with E-state index < -0.39 is 0 Å². The molecule has 0 atom stereocenters. The molecular weight excluding hydrogens is 350 g/mol. The van der Waals surface area contributed by atoms with Gasteiger partial charge in [0.1, 0.15) is 24.6 Å². The topological polar surface area (TPSA) is 48.6 Å². The largest absolute Gasteiger partial charge is 0.486 e. The van der Waals surface area contributed by atoms with Gasteiger partial charge in [-0.3, -0.25) is 4.99 Å². The predicted octanol–water partition coefficient (Wildman–Crippen LogP) is 3.06. The second-order valence-corrected chi connectivity index (χ2v) is 7.19. The third-order valence-electron chi connectivity index (χ3n) is 5.37. The van der Waals surface area contributed by atoms with E-state index in [2.05, 4.69) is 48.0 Å². The molecule has 0 bridgehead atoms. The molecule has 0 amide bonds. The highest BCUT2D eigenvalue weighted by atomic mass is 16.6. The Bertz CT molecular complexity index is 1190. The van der Waals surface area contributed by atoms with Crippen molar-refractivity contribution >= 4 is 17.1 Å². The molecule has 1 aromatic heterocycles. The van der Waals surface area contributed by atoms with E-state index in [4.69, 9.17) is 19.5 Å². The first-order valence-corrected chi connectivity index (χ1v) is 9.86. The molecule has 5 heteroatoms. The van der Waals surface area contributed by atoms with E-state index in [0.29, 0.717) is 13.2 Å². The second-order valence-electron chi connectivity index (χ2n) is 7.19. The quantitative estimate of drug-likeness (QED) is 0.709. The van der Waals surface area contributed by atoms with Crippen LogP contribution in [0.3, 0.4) is 0 Å². The lowest BCUT2D eigenvalue weighted by Crippen LogP contribution is -2.24. The van der Waals surface area contributed by atoms with Gasteiger partial charge in [0, 0.05) is 19.2 Å². The van der Waals surface area contributed by atoms with E-state index in [0.717, 1.165) is 65.1 Å². The van der Waals surface area contributed by atoms with Crippen LogP contribution in [0.1, 0.15) is 25.1 Å². The summed E-state index contributed by atoms with van der Waals surface area (Å²) in [6.07, 6.45) is 8.30. The number of para-hydroxylation sites is 1. The summed E-state index contributed by atoms with van der Waals surface area (Å²) in [5.74, 6) is 2.59. The van der Waals surface area contributed by atoms with Crippen molar-refractivity contribution in [3.63, 3.8) is 0 Å². The van der Waals surface area contributed by atoms with Gasteiger partial charge in [-0.25, -0.2) is 4.98 Å². The molecule has 5 rings (SSSR count). The molecule has 3 aromatic rings. The van der Waals surface area contributed by atoms with Gasteiger partial charge in [0.15, 0.2) is 11.5 Å². The van der Waals surface area contributed by atoms with Crippen molar-refractivity contribution in [2.24, 2.45) is 12.0 Å². The number of nitrogens with zero attached hydrogens (tertiary/aromatic N) is 3. The summed E-state index contributed by atoms with van der Waals surface area (Å²) < 4.78 is 13.7. The minimum atomic E-state index is 0.570. The number of imidazole rings is 1. The lowest BCUT2D eigenvalue weighted by molar-refractivity contribution is 0.173. The highest BCUT2D eigenvalue weighted by Gasteiger charge is 2.19.